The fourth-order valence-electron chi connectivity index (χ4n) is 1.98. The number of phenolic OH excluding ortho intramolecular Hbond substituents is 1. The van der Waals surface area contributed by atoms with E-state index in [2.05, 4.69) is 5.32 Å². The minimum Gasteiger partial charge on any atom is -0.507 e. The molecule has 0 aliphatic rings. The topological polar surface area (TPSA) is 124 Å². The Morgan fingerprint density at radius 2 is 1.95 bits per heavy atom. The maximum atomic E-state index is 11.1. The number of rotatable bonds is 5. The van der Waals surface area contributed by atoms with Crippen molar-refractivity contribution < 1.29 is 28.0 Å². The average Bonchev–Trinajstić information content (AvgIpc) is 2.37. The number of anilines is 1. The molecule has 0 unspecified atom stereocenters. The Balaban J connectivity index is 2.48. The van der Waals surface area contributed by atoms with Crippen molar-refractivity contribution in [3.63, 3.8) is 0 Å². The van der Waals surface area contributed by atoms with Gasteiger partial charge in [-0.1, -0.05) is 12.1 Å². The molecule has 4 N–H and O–H groups in total. The minimum absolute atomic E-state index is 0.0970. The third kappa shape index (κ3) is 3.41. The van der Waals surface area contributed by atoms with Gasteiger partial charge in [0, 0.05) is 23.7 Å². The van der Waals surface area contributed by atoms with Crippen molar-refractivity contribution in [1.82, 2.24) is 0 Å². The highest BCUT2D eigenvalue weighted by molar-refractivity contribution is 7.85. The van der Waals surface area contributed by atoms with Gasteiger partial charge in [0.2, 0.25) is 0 Å². The molecule has 0 aliphatic carbocycles. The molecule has 112 valence electrons. The lowest BCUT2D eigenvalue weighted by atomic mass is 10.1. The van der Waals surface area contributed by atoms with Crippen molar-refractivity contribution in [3.8, 4) is 5.75 Å². The number of benzene rings is 2. The lowest BCUT2D eigenvalue weighted by Crippen LogP contribution is -2.07. The molecule has 0 fully saturated rings. The average molecular weight is 311 g/mol. The van der Waals surface area contributed by atoms with Crippen LogP contribution in [0.3, 0.4) is 0 Å². The van der Waals surface area contributed by atoms with E-state index in [-0.39, 0.29) is 18.7 Å². The number of phenols is 1. The van der Waals surface area contributed by atoms with E-state index in [0.29, 0.717) is 16.5 Å². The first-order chi connectivity index (χ1) is 9.79. The predicted octanol–water partition coefficient (Wildman–Crippen LogP) is 1.68. The van der Waals surface area contributed by atoms with E-state index in [1.165, 1.54) is 6.07 Å². The van der Waals surface area contributed by atoms with Crippen LogP contribution in [0.2, 0.25) is 0 Å². The van der Waals surface area contributed by atoms with Crippen molar-refractivity contribution in [2.75, 3.05) is 11.9 Å². The van der Waals surface area contributed by atoms with Gasteiger partial charge in [-0.25, -0.2) is 0 Å². The van der Waals surface area contributed by atoms with Crippen LogP contribution in [0.25, 0.3) is 10.8 Å². The van der Waals surface area contributed by atoms with Crippen LogP contribution in [0.5, 0.6) is 5.75 Å². The molecule has 0 bridgehead atoms. The summed E-state index contributed by atoms with van der Waals surface area (Å²) in [5, 5.41) is 22.2. The summed E-state index contributed by atoms with van der Waals surface area (Å²) in [5.74, 6) is -1.28. The van der Waals surface area contributed by atoms with Crippen LogP contribution in [0.4, 0.5) is 5.69 Å². The molecule has 0 spiro atoms. The predicted molar refractivity (Wildman–Crippen MR) is 76.2 cm³/mol. The molecule has 7 nitrogen and oxygen atoms in total. The molecular formula is C13H13NO6S. The summed E-state index contributed by atoms with van der Waals surface area (Å²) in [6.07, 6.45) is -0.0970. The number of carboxylic acids is 1. The van der Waals surface area contributed by atoms with E-state index < -0.39 is 21.0 Å². The van der Waals surface area contributed by atoms with Crippen LogP contribution in [-0.4, -0.2) is 35.7 Å². The zero-order chi connectivity index (χ0) is 15.6. The molecule has 0 radical (unpaired) electrons. The second-order valence-electron chi connectivity index (χ2n) is 4.39. The van der Waals surface area contributed by atoms with Gasteiger partial charge in [-0.05, 0) is 17.5 Å². The number of aromatic hydroxyl groups is 1. The van der Waals surface area contributed by atoms with Crippen molar-refractivity contribution in [2.24, 2.45) is 0 Å². The first-order valence-corrected chi connectivity index (χ1v) is 7.42. The van der Waals surface area contributed by atoms with Gasteiger partial charge in [-0.3, -0.25) is 9.35 Å². The van der Waals surface area contributed by atoms with E-state index in [9.17, 15) is 18.3 Å². The van der Waals surface area contributed by atoms with Gasteiger partial charge in [0.25, 0.3) is 10.1 Å². The molecule has 2 rings (SSSR count). The lowest BCUT2D eigenvalue weighted by Gasteiger charge is -2.11. The summed E-state index contributed by atoms with van der Waals surface area (Å²) in [6.45, 7) is 0.161. The van der Waals surface area contributed by atoms with Crippen molar-refractivity contribution in [1.29, 1.82) is 0 Å². The Labute approximate surface area is 120 Å². The number of nitrogens with one attached hydrogen (secondary N) is 1. The monoisotopic (exact) mass is 311 g/mol. The van der Waals surface area contributed by atoms with E-state index in [0.717, 1.165) is 6.07 Å². The molecule has 0 saturated heterocycles. The fourth-order valence-corrected chi connectivity index (χ4v) is 2.51. The molecule has 0 aromatic heterocycles. The smallest absolute Gasteiger partial charge is 0.305 e. The molecule has 0 amide bonds. The highest BCUT2D eigenvalue weighted by Crippen LogP contribution is 2.34. The number of fused-ring (bicyclic) bond motifs is 1. The van der Waals surface area contributed by atoms with E-state index in [1.807, 2.05) is 0 Å². The Morgan fingerprint density at radius 1 is 1.24 bits per heavy atom. The van der Waals surface area contributed by atoms with Gasteiger partial charge < -0.3 is 15.5 Å². The van der Waals surface area contributed by atoms with Gasteiger partial charge in [0.1, 0.15) is 5.75 Å². The Kier molecular flexibility index (Phi) is 4.01. The molecule has 0 heterocycles. The number of carbonyl (C=O) groups is 1. The van der Waals surface area contributed by atoms with E-state index >= 15 is 0 Å². The summed E-state index contributed by atoms with van der Waals surface area (Å²) < 4.78 is 31.3. The van der Waals surface area contributed by atoms with Crippen molar-refractivity contribution in [2.45, 2.75) is 11.3 Å². The summed E-state index contributed by atoms with van der Waals surface area (Å²) in [5.41, 5.74) is 0.480. The third-order valence-corrected chi connectivity index (χ3v) is 3.71. The largest absolute Gasteiger partial charge is 0.507 e. The van der Waals surface area contributed by atoms with Gasteiger partial charge in [-0.15, -0.1) is 0 Å². The van der Waals surface area contributed by atoms with E-state index in [1.54, 1.807) is 18.2 Å². The Hall–Kier alpha value is -2.32. The van der Waals surface area contributed by atoms with Crippen LogP contribution in [0.15, 0.2) is 35.2 Å². The molecule has 0 saturated carbocycles. The van der Waals surface area contributed by atoms with E-state index in [4.69, 9.17) is 9.66 Å². The van der Waals surface area contributed by atoms with Crippen LogP contribution < -0.4 is 5.32 Å². The number of aliphatic carboxylic acids is 1. The molecule has 21 heavy (non-hydrogen) atoms. The first kappa shape index (κ1) is 15.1. The standard InChI is InChI=1S/C13H13NO6S/c15-11-7-9(21(18,19)20)6-8-2-1-3-10(13(8)11)14-5-4-12(16)17/h1-3,6-7,14-15H,4-5H2,(H,16,17)(H,18,19,20). The Morgan fingerprint density at radius 3 is 2.57 bits per heavy atom. The SMILES string of the molecule is O=C(O)CCNc1cccc2cc(S(=O)(=O)O)cc(O)c12. The van der Waals surface area contributed by atoms with Gasteiger partial charge in [-0.2, -0.15) is 8.42 Å². The summed E-state index contributed by atoms with van der Waals surface area (Å²) in [6, 6.07) is 7.01. The quantitative estimate of drug-likeness (QED) is 0.619. The zero-order valence-corrected chi connectivity index (χ0v) is 11.6. The van der Waals surface area contributed by atoms with Crippen LogP contribution >= 0.6 is 0 Å². The Bertz CT molecular complexity index is 800. The fraction of sp³-hybridized carbons (Fsp3) is 0.154. The van der Waals surface area contributed by atoms with Gasteiger partial charge in [0.05, 0.1) is 11.3 Å². The normalized spacial score (nSPS) is 11.5. The highest BCUT2D eigenvalue weighted by Gasteiger charge is 2.15. The molecular weight excluding hydrogens is 298 g/mol. The summed E-state index contributed by atoms with van der Waals surface area (Å²) in [7, 11) is -4.42. The van der Waals surface area contributed by atoms with Crippen molar-refractivity contribution >= 4 is 32.5 Å². The maximum Gasteiger partial charge on any atom is 0.305 e. The maximum absolute atomic E-state index is 11.1. The number of carboxylic acid groups (broad SMARTS) is 1. The number of hydrogen-bond donors (Lipinski definition) is 4. The number of hydrogen-bond acceptors (Lipinski definition) is 5. The second-order valence-corrected chi connectivity index (χ2v) is 5.81. The minimum atomic E-state index is -4.42. The lowest BCUT2D eigenvalue weighted by molar-refractivity contribution is -0.136. The van der Waals surface area contributed by atoms with Gasteiger partial charge in [0.15, 0.2) is 0 Å². The summed E-state index contributed by atoms with van der Waals surface area (Å²) in [4.78, 5) is 10.1. The van der Waals surface area contributed by atoms with Gasteiger partial charge >= 0.3 is 5.97 Å². The molecule has 0 atom stereocenters. The zero-order valence-electron chi connectivity index (χ0n) is 10.8. The first-order valence-electron chi connectivity index (χ1n) is 5.98. The molecule has 2 aromatic rings. The third-order valence-electron chi connectivity index (χ3n) is 2.88. The molecule has 0 aliphatic heterocycles. The summed E-state index contributed by atoms with van der Waals surface area (Å²) >= 11 is 0. The van der Waals surface area contributed by atoms with Crippen molar-refractivity contribution in [3.05, 3.63) is 30.3 Å². The van der Waals surface area contributed by atoms with Crippen LogP contribution in [0, 0.1) is 0 Å². The molecule has 8 heteroatoms. The van der Waals surface area contributed by atoms with Crippen LogP contribution in [-0.2, 0) is 14.9 Å². The second kappa shape index (κ2) is 5.58. The molecule has 2 aromatic carbocycles. The highest BCUT2D eigenvalue weighted by atomic mass is 32.2. The van der Waals surface area contributed by atoms with Crippen LogP contribution in [0.1, 0.15) is 6.42 Å².